The van der Waals surface area contributed by atoms with Crippen LogP contribution in [0.1, 0.15) is 32.1 Å². The van der Waals surface area contributed by atoms with E-state index in [4.69, 9.17) is 19.4 Å². The molecule has 0 bridgehead atoms. The summed E-state index contributed by atoms with van der Waals surface area (Å²) in [7, 11) is 5.47. The zero-order valence-electron chi connectivity index (χ0n) is 22.0. The van der Waals surface area contributed by atoms with Crippen molar-refractivity contribution in [2.45, 2.75) is 32.1 Å². The van der Waals surface area contributed by atoms with Crippen LogP contribution in [-0.2, 0) is 4.79 Å². The number of piperidine rings is 1. The van der Waals surface area contributed by atoms with Crippen molar-refractivity contribution in [1.29, 1.82) is 0 Å². The lowest BCUT2D eigenvalue weighted by Crippen LogP contribution is -2.33. The smallest absolute Gasteiger partial charge is 0.252 e. The summed E-state index contributed by atoms with van der Waals surface area (Å²) in [5.41, 5.74) is 0.699. The van der Waals surface area contributed by atoms with E-state index in [9.17, 15) is 4.79 Å². The fourth-order valence-electron chi connectivity index (χ4n) is 4.90. The Morgan fingerprint density at radius 3 is 2.64 bits per heavy atom. The molecular formula is C27H40N6O3. The predicted molar refractivity (Wildman–Crippen MR) is 144 cm³/mol. The number of methoxy groups -OCH3 is 1. The molecule has 9 heteroatoms. The van der Waals surface area contributed by atoms with Crippen LogP contribution in [0.4, 0.5) is 11.8 Å². The standard InChI is InChI=1S/C27H40N6O3/c1-5-25(34)32(3)27-29-22-18-24(36-16-8-13-33-11-6-7-12-33)23(35-4)17-21(22)26(30-27)28-19-20-9-14-31(2)15-10-20/h5,17-18,20H,1,6-16,19H2,2-4H3,(H,28,29,30). The van der Waals surface area contributed by atoms with Gasteiger partial charge in [0.25, 0.3) is 5.91 Å². The van der Waals surface area contributed by atoms with Crippen LogP contribution in [-0.4, -0.2) is 92.8 Å². The Morgan fingerprint density at radius 1 is 1.19 bits per heavy atom. The van der Waals surface area contributed by atoms with Gasteiger partial charge in [-0.2, -0.15) is 4.98 Å². The molecule has 1 amide bonds. The highest BCUT2D eigenvalue weighted by Crippen LogP contribution is 2.35. The van der Waals surface area contributed by atoms with Crippen LogP contribution in [0.3, 0.4) is 0 Å². The van der Waals surface area contributed by atoms with Crippen LogP contribution < -0.4 is 19.7 Å². The number of hydrogen-bond donors (Lipinski definition) is 1. The molecule has 2 saturated heterocycles. The first kappa shape index (κ1) is 26.2. The Labute approximate surface area is 214 Å². The molecule has 4 rings (SSSR count). The molecule has 2 aromatic rings. The van der Waals surface area contributed by atoms with Gasteiger partial charge in [0, 0.05) is 31.6 Å². The molecule has 9 nitrogen and oxygen atoms in total. The number of likely N-dealkylation sites (N-methyl/N-ethyl adjacent to an activating group) is 1. The molecule has 0 atom stereocenters. The first-order chi connectivity index (χ1) is 17.5. The van der Waals surface area contributed by atoms with Crippen molar-refractivity contribution in [1.82, 2.24) is 19.8 Å². The van der Waals surface area contributed by atoms with Gasteiger partial charge in [0.15, 0.2) is 11.5 Å². The number of nitrogens with one attached hydrogen (secondary N) is 1. The molecule has 0 saturated carbocycles. The normalized spacial score (nSPS) is 17.3. The van der Waals surface area contributed by atoms with Gasteiger partial charge >= 0.3 is 0 Å². The maximum Gasteiger partial charge on any atom is 0.252 e. The topological polar surface area (TPSA) is 83.1 Å². The number of likely N-dealkylation sites (tertiary alicyclic amines) is 2. The lowest BCUT2D eigenvalue weighted by Gasteiger charge is -2.29. The fourth-order valence-corrected chi connectivity index (χ4v) is 4.90. The van der Waals surface area contributed by atoms with Gasteiger partial charge < -0.3 is 24.6 Å². The maximum atomic E-state index is 12.3. The molecule has 2 aliphatic rings. The number of ether oxygens (including phenoxy) is 2. The summed E-state index contributed by atoms with van der Waals surface area (Å²) in [5, 5.41) is 4.38. The first-order valence-electron chi connectivity index (χ1n) is 13.1. The van der Waals surface area contributed by atoms with E-state index in [0.717, 1.165) is 50.8 Å². The van der Waals surface area contributed by atoms with Crippen LogP contribution >= 0.6 is 0 Å². The third-order valence-electron chi connectivity index (χ3n) is 7.25. The Balaban J connectivity index is 1.57. The van der Waals surface area contributed by atoms with Crippen molar-refractivity contribution in [2.24, 2.45) is 5.92 Å². The van der Waals surface area contributed by atoms with Crippen LogP contribution in [0, 0.1) is 5.92 Å². The molecule has 1 aromatic carbocycles. The largest absolute Gasteiger partial charge is 0.493 e. The number of hydrogen-bond acceptors (Lipinski definition) is 8. The van der Waals surface area contributed by atoms with E-state index in [2.05, 4.69) is 28.7 Å². The van der Waals surface area contributed by atoms with E-state index in [1.807, 2.05) is 12.1 Å². The highest BCUT2D eigenvalue weighted by Gasteiger charge is 2.20. The lowest BCUT2D eigenvalue weighted by atomic mass is 9.97. The monoisotopic (exact) mass is 496 g/mol. The van der Waals surface area contributed by atoms with Gasteiger partial charge in [0.2, 0.25) is 5.95 Å². The second kappa shape index (κ2) is 12.4. The minimum absolute atomic E-state index is 0.262. The fraction of sp³-hybridized carbons (Fsp3) is 0.593. The van der Waals surface area contributed by atoms with E-state index in [0.29, 0.717) is 41.3 Å². The van der Waals surface area contributed by atoms with Crippen molar-refractivity contribution in [3.63, 3.8) is 0 Å². The predicted octanol–water partition coefficient (Wildman–Crippen LogP) is 3.41. The molecule has 1 aromatic heterocycles. The molecule has 2 aliphatic heterocycles. The molecule has 2 fully saturated rings. The number of rotatable bonds is 11. The van der Waals surface area contributed by atoms with E-state index in [1.165, 1.54) is 36.9 Å². The highest BCUT2D eigenvalue weighted by atomic mass is 16.5. The molecule has 0 radical (unpaired) electrons. The average molecular weight is 497 g/mol. The Bertz CT molecular complexity index is 1050. The Morgan fingerprint density at radius 2 is 1.94 bits per heavy atom. The van der Waals surface area contributed by atoms with Crippen molar-refractivity contribution >= 4 is 28.6 Å². The minimum atomic E-state index is -0.262. The van der Waals surface area contributed by atoms with Crippen molar-refractivity contribution in [3.05, 3.63) is 24.8 Å². The summed E-state index contributed by atoms with van der Waals surface area (Å²) < 4.78 is 11.8. The number of anilines is 2. The highest BCUT2D eigenvalue weighted by molar-refractivity contribution is 6.01. The number of carbonyl (C=O) groups excluding carboxylic acids is 1. The number of carbonyl (C=O) groups is 1. The summed E-state index contributed by atoms with van der Waals surface area (Å²) >= 11 is 0. The summed E-state index contributed by atoms with van der Waals surface area (Å²) in [5.74, 6) is 2.62. The summed E-state index contributed by atoms with van der Waals surface area (Å²) in [6.07, 6.45) is 7.09. The van der Waals surface area contributed by atoms with Gasteiger partial charge in [-0.25, -0.2) is 4.98 Å². The van der Waals surface area contributed by atoms with Crippen LogP contribution in [0.25, 0.3) is 10.9 Å². The Hall–Kier alpha value is -2.91. The van der Waals surface area contributed by atoms with Gasteiger partial charge in [-0.15, -0.1) is 0 Å². The average Bonchev–Trinajstić information content (AvgIpc) is 3.42. The second-order valence-corrected chi connectivity index (χ2v) is 9.87. The number of aromatic nitrogens is 2. The SMILES string of the molecule is C=CC(=O)N(C)c1nc(NCC2CCN(C)CC2)c2cc(OC)c(OCCCN3CCCC3)cc2n1. The summed E-state index contributed by atoms with van der Waals surface area (Å²) in [4.78, 5) is 28.0. The quantitative estimate of drug-likeness (QED) is 0.374. The maximum absolute atomic E-state index is 12.3. The molecule has 0 spiro atoms. The zero-order chi connectivity index (χ0) is 25.5. The van der Waals surface area contributed by atoms with E-state index < -0.39 is 0 Å². The van der Waals surface area contributed by atoms with E-state index in [1.54, 1.807) is 14.2 Å². The zero-order valence-corrected chi connectivity index (χ0v) is 22.0. The number of nitrogens with zero attached hydrogens (tertiary/aromatic N) is 5. The molecule has 36 heavy (non-hydrogen) atoms. The van der Waals surface area contributed by atoms with Crippen LogP contribution in [0.15, 0.2) is 24.8 Å². The van der Waals surface area contributed by atoms with Crippen LogP contribution in [0.2, 0.25) is 0 Å². The molecule has 0 unspecified atom stereocenters. The van der Waals surface area contributed by atoms with Gasteiger partial charge in [-0.1, -0.05) is 6.58 Å². The molecular weight excluding hydrogens is 456 g/mol. The number of amides is 1. The van der Waals surface area contributed by atoms with Gasteiger partial charge in [0.05, 0.1) is 19.2 Å². The molecule has 3 heterocycles. The van der Waals surface area contributed by atoms with Gasteiger partial charge in [0.1, 0.15) is 5.82 Å². The third kappa shape index (κ3) is 6.44. The molecule has 1 N–H and O–H groups in total. The lowest BCUT2D eigenvalue weighted by molar-refractivity contribution is -0.113. The van der Waals surface area contributed by atoms with Crippen LogP contribution in [0.5, 0.6) is 11.5 Å². The van der Waals surface area contributed by atoms with Gasteiger partial charge in [-0.3, -0.25) is 9.69 Å². The Kier molecular flexibility index (Phi) is 8.98. The second-order valence-electron chi connectivity index (χ2n) is 9.87. The number of fused-ring (bicyclic) bond motifs is 1. The molecule has 0 aliphatic carbocycles. The third-order valence-corrected chi connectivity index (χ3v) is 7.25. The van der Waals surface area contributed by atoms with Crippen molar-refractivity contribution in [3.8, 4) is 11.5 Å². The van der Waals surface area contributed by atoms with Gasteiger partial charge in [-0.05, 0) is 83.4 Å². The van der Waals surface area contributed by atoms with Crippen molar-refractivity contribution in [2.75, 3.05) is 77.3 Å². The molecule has 196 valence electrons. The van der Waals surface area contributed by atoms with Crippen molar-refractivity contribution < 1.29 is 14.3 Å². The first-order valence-corrected chi connectivity index (χ1v) is 13.1. The van der Waals surface area contributed by atoms with E-state index >= 15 is 0 Å². The van der Waals surface area contributed by atoms with E-state index in [-0.39, 0.29) is 5.91 Å². The minimum Gasteiger partial charge on any atom is -0.493 e. The number of benzene rings is 1. The summed E-state index contributed by atoms with van der Waals surface area (Å²) in [6, 6.07) is 3.82. The summed E-state index contributed by atoms with van der Waals surface area (Å²) in [6.45, 7) is 10.6.